The van der Waals surface area contributed by atoms with Crippen molar-refractivity contribution >= 4 is 16.6 Å². The monoisotopic (exact) mass is 198 g/mol. The van der Waals surface area contributed by atoms with Crippen molar-refractivity contribution in [2.24, 2.45) is 0 Å². The molecule has 0 aliphatic carbocycles. The summed E-state index contributed by atoms with van der Waals surface area (Å²) in [5.41, 5.74) is 0.771. The molecule has 0 aliphatic rings. The quantitative estimate of drug-likeness (QED) is 0.756. The molecule has 0 atom stereocenters. The summed E-state index contributed by atoms with van der Waals surface area (Å²) in [4.78, 5) is 0. The van der Waals surface area contributed by atoms with Crippen LogP contribution >= 0.6 is 11.6 Å². The predicted octanol–water partition coefficient (Wildman–Crippen LogP) is 3.18. The van der Waals surface area contributed by atoms with E-state index in [1.165, 1.54) is 0 Å². The van der Waals surface area contributed by atoms with E-state index in [0.717, 1.165) is 17.6 Å². The van der Waals surface area contributed by atoms with E-state index in [-0.39, 0.29) is 0 Å². The van der Waals surface area contributed by atoms with Crippen LogP contribution in [-0.4, -0.2) is 11.7 Å². The van der Waals surface area contributed by atoms with Crippen LogP contribution in [0, 0.1) is 0 Å². The summed E-state index contributed by atoms with van der Waals surface area (Å²) in [6.45, 7) is 2.57. The normalized spacial score (nSPS) is 11.4. The molecule has 1 aromatic rings. The Labute approximate surface area is 82.4 Å². The molecule has 3 heteroatoms. The van der Waals surface area contributed by atoms with E-state index >= 15 is 0 Å². The molecule has 0 saturated heterocycles. The van der Waals surface area contributed by atoms with Crippen molar-refractivity contribution < 1.29 is 9.84 Å². The zero-order valence-electron chi connectivity index (χ0n) is 7.33. The molecule has 0 amide bonds. The van der Waals surface area contributed by atoms with Crippen LogP contribution in [0.2, 0.25) is 0 Å². The molecule has 2 nitrogen and oxygen atoms in total. The van der Waals surface area contributed by atoms with Gasteiger partial charge in [0.2, 0.25) is 0 Å². The Morgan fingerprint density at radius 1 is 1.46 bits per heavy atom. The van der Waals surface area contributed by atoms with Gasteiger partial charge in [-0.05, 0) is 36.8 Å². The highest BCUT2D eigenvalue weighted by molar-refractivity contribution is 6.48. The maximum Gasteiger partial charge on any atom is 0.119 e. The molecule has 0 radical (unpaired) electrons. The van der Waals surface area contributed by atoms with E-state index in [4.69, 9.17) is 21.4 Å². The highest BCUT2D eigenvalue weighted by atomic mass is 35.5. The smallest absolute Gasteiger partial charge is 0.119 e. The molecule has 0 spiro atoms. The number of hydrogen-bond donors (Lipinski definition) is 1. The molecule has 70 valence electrons. The second-order valence-corrected chi connectivity index (χ2v) is 2.84. The van der Waals surface area contributed by atoms with Gasteiger partial charge in [-0.2, -0.15) is 0 Å². The van der Waals surface area contributed by atoms with Gasteiger partial charge in [-0.25, -0.2) is 0 Å². The lowest BCUT2D eigenvalue weighted by molar-refractivity contribution is 0.340. The molecule has 0 aliphatic heterocycles. The number of hydrogen-bond acceptors (Lipinski definition) is 2. The molecule has 0 aromatic heterocycles. The molecule has 1 aromatic carbocycles. The standard InChI is InChI=1S/C10H11ClO2/c1-2-13-9-5-3-8(4-6-9)10(11)7-12/h3-7,12H,2H2,1H3. The summed E-state index contributed by atoms with van der Waals surface area (Å²) in [6.07, 6.45) is 0.872. The van der Waals surface area contributed by atoms with Crippen LogP contribution < -0.4 is 4.74 Å². The maximum absolute atomic E-state index is 8.64. The predicted molar refractivity (Wildman–Crippen MR) is 54.1 cm³/mol. The number of benzene rings is 1. The summed E-state index contributed by atoms with van der Waals surface area (Å²) in [5, 5.41) is 8.96. The van der Waals surface area contributed by atoms with Gasteiger partial charge in [0.05, 0.1) is 17.9 Å². The average Bonchev–Trinajstić information content (AvgIpc) is 2.18. The van der Waals surface area contributed by atoms with Crippen molar-refractivity contribution in [2.75, 3.05) is 6.61 Å². The number of aliphatic hydroxyl groups is 1. The largest absolute Gasteiger partial charge is 0.514 e. The van der Waals surface area contributed by atoms with Gasteiger partial charge in [0.25, 0.3) is 0 Å². The third kappa shape index (κ3) is 2.67. The molecule has 0 fully saturated rings. The fraction of sp³-hybridized carbons (Fsp3) is 0.200. The Kier molecular flexibility index (Phi) is 3.65. The Morgan fingerprint density at radius 2 is 2.08 bits per heavy atom. The van der Waals surface area contributed by atoms with Crippen LogP contribution in [0.3, 0.4) is 0 Å². The fourth-order valence-electron chi connectivity index (χ4n) is 0.952. The number of halogens is 1. The molecule has 0 bridgehead atoms. The maximum atomic E-state index is 8.64. The lowest BCUT2D eigenvalue weighted by Crippen LogP contribution is -1.90. The zero-order valence-corrected chi connectivity index (χ0v) is 8.08. The van der Waals surface area contributed by atoms with Crippen LogP contribution in [-0.2, 0) is 0 Å². The van der Waals surface area contributed by atoms with Gasteiger partial charge in [-0.1, -0.05) is 11.6 Å². The van der Waals surface area contributed by atoms with Crippen molar-refractivity contribution in [3.05, 3.63) is 36.1 Å². The van der Waals surface area contributed by atoms with E-state index in [1.54, 1.807) is 12.1 Å². The third-order valence-corrected chi connectivity index (χ3v) is 1.87. The fourth-order valence-corrected chi connectivity index (χ4v) is 1.08. The van der Waals surface area contributed by atoms with Crippen molar-refractivity contribution in [3.63, 3.8) is 0 Å². The topological polar surface area (TPSA) is 29.5 Å². The van der Waals surface area contributed by atoms with Crippen LogP contribution in [0.25, 0.3) is 5.03 Å². The molecular formula is C10H11ClO2. The Hall–Kier alpha value is -1.15. The first-order valence-electron chi connectivity index (χ1n) is 4.01. The van der Waals surface area contributed by atoms with E-state index in [0.29, 0.717) is 11.6 Å². The minimum Gasteiger partial charge on any atom is -0.514 e. The van der Waals surface area contributed by atoms with Gasteiger partial charge in [-0.15, -0.1) is 0 Å². The molecule has 0 heterocycles. The minimum atomic E-state index is 0.322. The summed E-state index contributed by atoms with van der Waals surface area (Å²) in [5.74, 6) is 0.800. The van der Waals surface area contributed by atoms with E-state index < -0.39 is 0 Å². The van der Waals surface area contributed by atoms with Gasteiger partial charge in [0.15, 0.2) is 0 Å². The van der Waals surface area contributed by atoms with Gasteiger partial charge >= 0.3 is 0 Å². The molecule has 0 unspecified atom stereocenters. The van der Waals surface area contributed by atoms with Gasteiger partial charge in [0, 0.05) is 0 Å². The van der Waals surface area contributed by atoms with Crippen LogP contribution in [0.1, 0.15) is 12.5 Å². The van der Waals surface area contributed by atoms with E-state index in [2.05, 4.69) is 0 Å². The number of ether oxygens (including phenoxy) is 1. The van der Waals surface area contributed by atoms with E-state index in [1.807, 2.05) is 19.1 Å². The second kappa shape index (κ2) is 4.77. The van der Waals surface area contributed by atoms with Crippen molar-refractivity contribution in [1.82, 2.24) is 0 Å². The summed E-state index contributed by atoms with van der Waals surface area (Å²) in [6, 6.07) is 7.20. The van der Waals surface area contributed by atoms with Gasteiger partial charge in [-0.3, -0.25) is 0 Å². The SMILES string of the molecule is CCOc1ccc(C(Cl)=CO)cc1. The number of aliphatic hydroxyl groups excluding tert-OH is 1. The highest BCUT2D eigenvalue weighted by Crippen LogP contribution is 2.20. The lowest BCUT2D eigenvalue weighted by Gasteiger charge is -2.03. The zero-order chi connectivity index (χ0) is 9.68. The Balaban J connectivity index is 2.81. The van der Waals surface area contributed by atoms with Crippen LogP contribution in [0.4, 0.5) is 0 Å². The summed E-state index contributed by atoms with van der Waals surface area (Å²) in [7, 11) is 0. The highest BCUT2D eigenvalue weighted by Gasteiger charge is 1.97. The van der Waals surface area contributed by atoms with Crippen molar-refractivity contribution in [2.45, 2.75) is 6.92 Å². The summed E-state index contributed by atoms with van der Waals surface area (Å²) < 4.78 is 5.25. The second-order valence-electron chi connectivity index (χ2n) is 2.43. The number of rotatable bonds is 3. The first-order chi connectivity index (χ1) is 6.27. The van der Waals surface area contributed by atoms with E-state index in [9.17, 15) is 0 Å². The molecule has 1 N–H and O–H groups in total. The Morgan fingerprint density at radius 3 is 2.54 bits per heavy atom. The minimum absolute atomic E-state index is 0.322. The van der Waals surface area contributed by atoms with Crippen LogP contribution in [0.5, 0.6) is 5.75 Å². The molecule has 0 saturated carbocycles. The van der Waals surface area contributed by atoms with Crippen molar-refractivity contribution in [3.8, 4) is 5.75 Å². The molecule has 13 heavy (non-hydrogen) atoms. The third-order valence-electron chi connectivity index (χ3n) is 1.55. The van der Waals surface area contributed by atoms with Crippen LogP contribution in [0.15, 0.2) is 30.5 Å². The van der Waals surface area contributed by atoms with Gasteiger partial charge in [0.1, 0.15) is 5.75 Å². The van der Waals surface area contributed by atoms with Gasteiger partial charge < -0.3 is 9.84 Å². The first kappa shape index (κ1) is 9.93. The Bertz CT molecular complexity index is 290. The first-order valence-corrected chi connectivity index (χ1v) is 4.39. The average molecular weight is 199 g/mol. The lowest BCUT2D eigenvalue weighted by atomic mass is 10.2. The summed E-state index contributed by atoms with van der Waals surface area (Å²) >= 11 is 5.69. The molecule has 1 rings (SSSR count). The molecular weight excluding hydrogens is 188 g/mol. The van der Waals surface area contributed by atoms with Crippen molar-refractivity contribution in [1.29, 1.82) is 0 Å².